The van der Waals surface area contributed by atoms with Gasteiger partial charge < -0.3 is 0 Å². The molecule has 0 heterocycles. The van der Waals surface area contributed by atoms with Gasteiger partial charge >= 0.3 is 0 Å². The molecule has 1 aromatic rings. The Morgan fingerprint density at radius 2 is 1.25 bits per heavy atom. The normalized spacial score (nSPS) is 38.2. The molecular weight excluding hydrogens is 192 g/mol. The van der Waals surface area contributed by atoms with Crippen molar-refractivity contribution in [2.45, 2.75) is 25.7 Å². The van der Waals surface area contributed by atoms with Gasteiger partial charge in [0.25, 0.3) is 0 Å². The summed E-state index contributed by atoms with van der Waals surface area (Å²) in [6, 6.07) is 9.00. The molecule has 3 aliphatic carbocycles. The average Bonchev–Trinajstić information content (AvgIpc) is 2.30. The van der Waals surface area contributed by atoms with Gasteiger partial charge in [0.1, 0.15) is 0 Å². The van der Waals surface area contributed by atoms with Crippen LogP contribution < -0.4 is 0 Å². The van der Waals surface area contributed by atoms with E-state index in [4.69, 9.17) is 0 Å². The van der Waals surface area contributed by atoms with Gasteiger partial charge in [-0.25, -0.2) is 0 Å². The minimum Gasteiger partial charge on any atom is -0.0876 e. The predicted octanol–water partition coefficient (Wildman–Crippen LogP) is 3.68. The minimum absolute atomic E-state index is 0.468. The van der Waals surface area contributed by atoms with Crippen molar-refractivity contribution in [3.8, 4) is 0 Å². The molecule has 80 valence electrons. The van der Waals surface area contributed by atoms with Crippen molar-refractivity contribution in [1.29, 1.82) is 0 Å². The topological polar surface area (TPSA) is 0 Å². The van der Waals surface area contributed by atoms with Crippen molar-refractivity contribution >= 4 is 0 Å². The van der Waals surface area contributed by atoms with Gasteiger partial charge in [-0.2, -0.15) is 0 Å². The van der Waals surface area contributed by atoms with Gasteiger partial charge in [-0.05, 0) is 36.8 Å². The summed E-state index contributed by atoms with van der Waals surface area (Å²) in [5.41, 5.74) is 4.10. The van der Waals surface area contributed by atoms with E-state index >= 15 is 0 Å². The standard InChI is InChI=1S/C16H16/c1-2-6-14-12-16-8-4-3-7-15(16,9-10-16)11-13(14)5-1/h1-6,9-10H,7-8,11-12H2. The molecule has 2 unspecified atom stereocenters. The highest BCUT2D eigenvalue weighted by molar-refractivity contribution is 5.44. The zero-order chi connectivity index (χ0) is 10.6. The van der Waals surface area contributed by atoms with E-state index in [0.717, 1.165) is 0 Å². The molecule has 3 aliphatic rings. The first-order valence-corrected chi connectivity index (χ1v) is 6.26. The fraction of sp³-hybridized carbons (Fsp3) is 0.375. The second-order valence-electron chi connectivity index (χ2n) is 5.65. The van der Waals surface area contributed by atoms with E-state index in [9.17, 15) is 0 Å². The number of benzene rings is 1. The first-order chi connectivity index (χ1) is 7.84. The molecule has 16 heavy (non-hydrogen) atoms. The second-order valence-corrected chi connectivity index (χ2v) is 5.65. The molecule has 0 nitrogen and oxygen atoms in total. The third-order valence-electron chi connectivity index (χ3n) is 4.97. The highest BCUT2D eigenvalue weighted by Gasteiger charge is 2.55. The number of hydrogen-bond acceptors (Lipinski definition) is 0. The maximum Gasteiger partial charge on any atom is 0.00539 e. The van der Waals surface area contributed by atoms with Crippen LogP contribution in [0.15, 0.2) is 48.6 Å². The Morgan fingerprint density at radius 3 is 1.69 bits per heavy atom. The number of rotatable bonds is 0. The largest absolute Gasteiger partial charge is 0.0876 e. The van der Waals surface area contributed by atoms with Gasteiger partial charge in [-0.3, -0.25) is 0 Å². The highest BCUT2D eigenvalue weighted by atomic mass is 14.6. The van der Waals surface area contributed by atoms with Crippen LogP contribution in [0.5, 0.6) is 0 Å². The summed E-state index contributed by atoms with van der Waals surface area (Å²) < 4.78 is 0. The van der Waals surface area contributed by atoms with Crippen LogP contribution in [-0.2, 0) is 12.8 Å². The Morgan fingerprint density at radius 1 is 0.750 bits per heavy atom. The van der Waals surface area contributed by atoms with E-state index in [0.29, 0.717) is 10.8 Å². The summed E-state index contributed by atoms with van der Waals surface area (Å²) in [6.07, 6.45) is 14.7. The molecule has 1 aromatic carbocycles. The Labute approximate surface area is 96.7 Å². The molecule has 0 aliphatic heterocycles. The van der Waals surface area contributed by atoms with Gasteiger partial charge in [0.2, 0.25) is 0 Å². The van der Waals surface area contributed by atoms with Crippen LogP contribution in [0.4, 0.5) is 0 Å². The molecule has 0 fully saturated rings. The molecule has 0 N–H and O–H groups in total. The van der Waals surface area contributed by atoms with E-state index in [1.54, 1.807) is 11.1 Å². The predicted molar refractivity (Wildman–Crippen MR) is 66.2 cm³/mol. The first-order valence-electron chi connectivity index (χ1n) is 6.26. The van der Waals surface area contributed by atoms with Crippen LogP contribution in [0.2, 0.25) is 0 Å². The fourth-order valence-electron chi connectivity index (χ4n) is 3.88. The Bertz CT molecular complexity index is 464. The van der Waals surface area contributed by atoms with E-state index in [-0.39, 0.29) is 0 Å². The van der Waals surface area contributed by atoms with E-state index in [2.05, 4.69) is 48.6 Å². The molecule has 4 rings (SSSR count). The molecule has 0 spiro atoms. The minimum atomic E-state index is 0.468. The van der Waals surface area contributed by atoms with Crippen molar-refractivity contribution in [1.82, 2.24) is 0 Å². The van der Waals surface area contributed by atoms with E-state index in [1.165, 1.54) is 25.7 Å². The molecule has 0 saturated carbocycles. The van der Waals surface area contributed by atoms with Crippen LogP contribution in [0, 0.1) is 10.8 Å². The van der Waals surface area contributed by atoms with Gasteiger partial charge in [0, 0.05) is 10.8 Å². The molecule has 0 radical (unpaired) electrons. The molecule has 0 heteroatoms. The smallest absolute Gasteiger partial charge is 0.00539 e. The molecule has 0 saturated heterocycles. The average molecular weight is 208 g/mol. The van der Waals surface area contributed by atoms with Crippen molar-refractivity contribution in [2.75, 3.05) is 0 Å². The lowest BCUT2D eigenvalue weighted by Gasteiger charge is -2.58. The number of fused-ring (bicyclic) bond motifs is 1. The fourth-order valence-corrected chi connectivity index (χ4v) is 3.88. The molecular formula is C16H16. The first kappa shape index (κ1) is 8.81. The number of hydrogen-bond donors (Lipinski definition) is 0. The second kappa shape index (κ2) is 2.68. The zero-order valence-electron chi connectivity index (χ0n) is 9.45. The Balaban J connectivity index is 1.88. The van der Waals surface area contributed by atoms with Crippen molar-refractivity contribution < 1.29 is 0 Å². The molecule has 0 amide bonds. The van der Waals surface area contributed by atoms with Gasteiger partial charge in [0.15, 0.2) is 0 Å². The van der Waals surface area contributed by atoms with Crippen LogP contribution >= 0.6 is 0 Å². The monoisotopic (exact) mass is 208 g/mol. The Kier molecular flexibility index (Phi) is 1.48. The third-order valence-corrected chi connectivity index (χ3v) is 4.97. The van der Waals surface area contributed by atoms with Crippen LogP contribution in [0.25, 0.3) is 0 Å². The summed E-state index contributed by atoms with van der Waals surface area (Å²) in [5, 5.41) is 0. The third kappa shape index (κ3) is 0.870. The van der Waals surface area contributed by atoms with Crippen LogP contribution in [0.1, 0.15) is 24.0 Å². The molecule has 2 atom stereocenters. The van der Waals surface area contributed by atoms with E-state index in [1.807, 2.05) is 0 Å². The SMILES string of the molecule is C1=CCC23C=CC2(C1)Cc1ccccc1C3. The quantitative estimate of drug-likeness (QED) is 0.570. The molecule has 0 bridgehead atoms. The summed E-state index contributed by atoms with van der Waals surface area (Å²) in [6.45, 7) is 0. The van der Waals surface area contributed by atoms with Gasteiger partial charge in [0.05, 0.1) is 0 Å². The van der Waals surface area contributed by atoms with Gasteiger partial charge in [-0.15, -0.1) is 0 Å². The molecule has 0 aromatic heterocycles. The summed E-state index contributed by atoms with van der Waals surface area (Å²) in [5.74, 6) is 0. The number of allylic oxidation sites excluding steroid dienone is 4. The lowest BCUT2D eigenvalue weighted by Crippen LogP contribution is -2.52. The van der Waals surface area contributed by atoms with Gasteiger partial charge in [-0.1, -0.05) is 48.6 Å². The van der Waals surface area contributed by atoms with Crippen LogP contribution in [0.3, 0.4) is 0 Å². The maximum atomic E-state index is 2.48. The summed E-state index contributed by atoms with van der Waals surface area (Å²) >= 11 is 0. The van der Waals surface area contributed by atoms with E-state index < -0.39 is 0 Å². The van der Waals surface area contributed by atoms with Crippen molar-refractivity contribution in [3.63, 3.8) is 0 Å². The zero-order valence-corrected chi connectivity index (χ0v) is 9.45. The summed E-state index contributed by atoms with van der Waals surface area (Å²) in [7, 11) is 0. The highest BCUT2D eigenvalue weighted by Crippen LogP contribution is 2.62. The maximum absolute atomic E-state index is 2.48. The lowest BCUT2D eigenvalue weighted by molar-refractivity contribution is 0.0799. The van der Waals surface area contributed by atoms with Crippen molar-refractivity contribution in [3.05, 3.63) is 59.7 Å². The lowest BCUT2D eigenvalue weighted by atomic mass is 9.45. The van der Waals surface area contributed by atoms with Crippen LogP contribution in [-0.4, -0.2) is 0 Å². The Hall–Kier alpha value is -1.30. The van der Waals surface area contributed by atoms with Crippen molar-refractivity contribution in [2.24, 2.45) is 10.8 Å². The summed E-state index contributed by atoms with van der Waals surface area (Å²) in [4.78, 5) is 0.